The topological polar surface area (TPSA) is 21.7 Å². The van der Waals surface area contributed by atoms with Crippen LogP contribution in [0.3, 0.4) is 0 Å². The van der Waals surface area contributed by atoms with E-state index >= 15 is 0 Å². The van der Waals surface area contributed by atoms with Crippen molar-refractivity contribution in [2.45, 2.75) is 77.4 Å². The molecule has 0 aromatic heterocycles. The van der Waals surface area contributed by atoms with Gasteiger partial charge in [0.1, 0.15) is 0 Å². The zero-order valence-corrected chi connectivity index (χ0v) is 14.5. The quantitative estimate of drug-likeness (QED) is 0.449. The number of hydrogen-bond acceptors (Lipinski definition) is 3. The first-order valence-electron chi connectivity index (χ1n) is 8.41. The van der Waals surface area contributed by atoms with Crippen molar-refractivity contribution in [2.75, 3.05) is 34.4 Å². The van der Waals surface area contributed by atoms with Crippen molar-refractivity contribution in [3.63, 3.8) is 0 Å². The van der Waals surface area contributed by atoms with Crippen molar-refractivity contribution in [3.05, 3.63) is 0 Å². The summed E-state index contributed by atoms with van der Waals surface area (Å²) in [6.45, 7) is 6.50. The molecule has 0 radical (unpaired) electrons. The molecule has 0 amide bonds. The van der Waals surface area contributed by atoms with Gasteiger partial charge in [0, 0.05) is 27.3 Å². The maximum absolute atomic E-state index is 5.60. The van der Waals surface area contributed by atoms with Crippen molar-refractivity contribution >= 4 is 0 Å². The van der Waals surface area contributed by atoms with Gasteiger partial charge < -0.3 is 14.4 Å². The number of ether oxygens (including phenoxy) is 2. The van der Waals surface area contributed by atoms with Gasteiger partial charge in [-0.1, -0.05) is 52.4 Å². The molecule has 3 heteroatoms. The van der Waals surface area contributed by atoms with Gasteiger partial charge in [-0.3, -0.25) is 0 Å². The van der Waals surface area contributed by atoms with Gasteiger partial charge in [-0.2, -0.15) is 0 Å². The monoisotopic (exact) mass is 287 g/mol. The standard InChI is InChI=1S/C17H37NO2/c1-6-8-10-12-16(19-4)14-18(3)15-17(20-5)13-11-9-7-2/h16-17H,6-15H2,1-5H3. The molecule has 0 N–H and O–H groups in total. The minimum absolute atomic E-state index is 0.361. The van der Waals surface area contributed by atoms with Gasteiger partial charge in [-0.05, 0) is 19.9 Å². The molecule has 20 heavy (non-hydrogen) atoms. The molecule has 0 aliphatic carbocycles. The van der Waals surface area contributed by atoms with Gasteiger partial charge in [0.15, 0.2) is 0 Å². The average Bonchev–Trinajstić information content (AvgIpc) is 2.45. The lowest BCUT2D eigenvalue weighted by Gasteiger charge is -2.26. The first-order chi connectivity index (χ1) is 9.67. The van der Waals surface area contributed by atoms with Crippen LogP contribution in [0.25, 0.3) is 0 Å². The molecule has 0 saturated carbocycles. The highest BCUT2D eigenvalue weighted by molar-refractivity contribution is 4.68. The fraction of sp³-hybridized carbons (Fsp3) is 1.00. The first kappa shape index (κ1) is 19.9. The zero-order valence-electron chi connectivity index (χ0n) is 14.5. The Hall–Kier alpha value is -0.120. The Bertz CT molecular complexity index is 179. The average molecular weight is 287 g/mol. The molecule has 2 unspecified atom stereocenters. The Balaban J connectivity index is 3.92. The SMILES string of the molecule is CCCCCC(CN(C)CC(CCCCC)OC)OC. The lowest BCUT2D eigenvalue weighted by molar-refractivity contribution is 0.0290. The number of nitrogens with zero attached hydrogens (tertiary/aromatic N) is 1. The van der Waals surface area contributed by atoms with Crippen LogP contribution in [0.4, 0.5) is 0 Å². The summed E-state index contributed by atoms with van der Waals surface area (Å²) in [5.74, 6) is 0. The second-order valence-corrected chi connectivity index (χ2v) is 5.93. The molecule has 0 aliphatic rings. The third-order valence-electron chi connectivity index (χ3n) is 3.96. The van der Waals surface area contributed by atoms with Crippen molar-refractivity contribution in [2.24, 2.45) is 0 Å². The highest BCUT2D eigenvalue weighted by Crippen LogP contribution is 2.10. The molecule has 0 spiro atoms. The summed E-state index contributed by atoms with van der Waals surface area (Å²) < 4.78 is 11.2. The van der Waals surface area contributed by atoms with Crippen molar-refractivity contribution in [1.82, 2.24) is 4.90 Å². The second-order valence-electron chi connectivity index (χ2n) is 5.93. The van der Waals surface area contributed by atoms with Gasteiger partial charge in [0.25, 0.3) is 0 Å². The molecule has 0 aromatic rings. The van der Waals surface area contributed by atoms with E-state index in [1.807, 2.05) is 14.2 Å². The van der Waals surface area contributed by atoms with Gasteiger partial charge in [0.05, 0.1) is 12.2 Å². The number of hydrogen-bond donors (Lipinski definition) is 0. The molecule has 0 rings (SSSR count). The maximum Gasteiger partial charge on any atom is 0.0698 e. The lowest BCUT2D eigenvalue weighted by Crippen LogP contribution is -2.36. The van der Waals surface area contributed by atoms with Crippen molar-refractivity contribution < 1.29 is 9.47 Å². The Morgan fingerprint density at radius 2 is 1.15 bits per heavy atom. The Morgan fingerprint density at radius 3 is 1.45 bits per heavy atom. The predicted octanol–water partition coefficient (Wildman–Crippen LogP) is 4.11. The second kappa shape index (κ2) is 13.8. The van der Waals surface area contributed by atoms with E-state index in [0.717, 1.165) is 13.1 Å². The number of likely N-dealkylation sites (N-methyl/N-ethyl adjacent to an activating group) is 1. The van der Waals surface area contributed by atoms with Crippen LogP contribution in [0, 0.1) is 0 Å². The molecule has 0 saturated heterocycles. The fourth-order valence-electron chi connectivity index (χ4n) is 2.58. The summed E-state index contributed by atoms with van der Waals surface area (Å²) in [6.07, 6.45) is 10.8. The third kappa shape index (κ3) is 10.6. The van der Waals surface area contributed by atoms with Gasteiger partial charge in [0.2, 0.25) is 0 Å². The van der Waals surface area contributed by atoms with Crippen LogP contribution < -0.4 is 0 Å². The van der Waals surface area contributed by atoms with Gasteiger partial charge >= 0.3 is 0 Å². The Labute approximate surface area is 127 Å². The highest BCUT2D eigenvalue weighted by atomic mass is 16.5. The highest BCUT2D eigenvalue weighted by Gasteiger charge is 2.14. The summed E-state index contributed by atoms with van der Waals surface area (Å²) in [7, 11) is 5.84. The smallest absolute Gasteiger partial charge is 0.0698 e. The predicted molar refractivity (Wildman–Crippen MR) is 87.4 cm³/mol. The van der Waals surface area contributed by atoms with Crippen LogP contribution in [-0.4, -0.2) is 51.5 Å². The van der Waals surface area contributed by atoms with Crippen LogP contribution in [0.1, 0.15) is 65.2 Å². The molecule has 3 nitrogen and oxygen atoms in total. The molecule has 2 atom stereocenters. The summed E-state index contributed by atoms with van der Waals surface area (Å²) in [6, 6.07) is 0. The first-order valence-corrected chi connectivity index (χ1v) is 8.41. The van der Waals surface area contributed by atoms with Gasteiger partial charge in [-0.15, -0.1) is 0 Å². The minimum Gasteiger partial charge on any atom is -0.380 e. The largest absolute Gasteiger partial charge is 0.380 e. The number of rotatable bonds is 14. The molecular formula is C17H37NO2. The van der Waals surface area contributed by atoms with Gasteiger partial charge in [-0.25, -0.2) is 0 Å². The summed E-state index contributed by atoms with van der Waals surface area (Å²) in [5, 5.41) is 0. The summed E-state index contributed by atoms with van der Waals surface area (Å²) in [5.41, 5.74) is 0. The van der Waals surface area contributed by atoms with Crippen molar-refractivity contribution in [3.8, 4) is 0 Å². The fourth-order valence-corrected chi connectivity index (χ4v) is 2.58. The van der Waals surface area contributed by atoms with Crippen LogP contribution in [0.5, 0.6) is 0 Å². The van der Waals surface area contributed by atoms with E-state index in [4.69, 9.17) is 9.47 Å². The van der Waals surface area contributed by atoms with Crippen LogP contribution in [0.2, 0.25) is 0 Å². The van der Waals surface area contributed by atoms with Crippen LogP contribution >= 0.6 is 0 Å². The molecular weight excluding hydrogens is 250 g/mol. The van der Waals surface area contributed by atoms with Crippen LogP contribution in [0.15, 0.2) is 0 Å². The van der Waals surface area contributed by atoms with E-state index in [1.54, 1.807) is 0 Å². The van der Waals surface area contributed by atoms with E-state index < -0.39 is 0 Å². The van der Waals surface area contributed by atoms with E-state index in [-0.39, 0.29) is 0 Å². The van der Waals surface area contributed by atoms with E-state index in [1.165, 1.54) is 51.4 Å². The molecule has 0 bridgehead atoms. The zero-order chi connectivity index (χ0) is 15.2. The normalized spacial score (nSPS) is 14.7. The minimum atomic E-state index is 0.361. The maximum atomic E-state index is 5.60. The lowest BCUT2D eigenvalue weighted by atomic mass is 10.1. The van der Waals surface area contributed by atoms with E-state index in [2.05, 4.69) is 25.8 Å². The summed E-state index contributed by atoms with van der Waals surface area (Å²) >= 11 is 0. The molecule has 0 aromatic carbocycles. The number of methoxy groups -OCH3 is 2. The molecule has 0 heterocycles. The van der Waals surface area contributed by atoms with E-state index in [9.17, 15) is 0 Å². The molecule has 0 aliphatic heterocycles. The Kier molecular flexibility index (Phi) is 13.8. The Morgan fingerprint density at radius 1 is 0.750 bits per heavy atom. The van der Waals surface area contributed by atoms with E-state index in [0.29, 0.717) is 12.2 Å². The third-order valence-corrected chi connectivity index (χ3v) is 3.96. The molecule has 0 fully saturated rings. The number of unbranched alkanes of at least 4 members (excludes halogenated alkanes) is 4. The van der Waals surface area contributed by atoms with Crippen molar-refractivity contribution in [1.29, 1.82) is 0 Å². The van der Waals surface area contributed by atoms with Crippen LogP contribution in [-0.2, 0) is 9.47 Å². The molecule has 122 valence electrons. The summed E-state index contributed by atoms with van der Waals surface area (Å²) in [4.78, 5) is 2.36.